The molecular formula is C104H120N16O8S. The molecule has 13 aromatic rings. The molecular weight excluding hydrogens is 1630 g/mol. The summed E-state index contributed by atoms with van der Waals surface area (Å²) in [4.78, 5) is 117. The fraction of sp³-hybridized carbons (Fsp3) is 0.250. The summed E-state index contributed by atoms with van der Waals surface area (Å²) in [6.07, 6.45) is 14.6. The average molecular weight is 1750 g/mol. The van der Waals surface area contributed by atoms with Gasteiger partial charge in [-0.2, -0.15) is 0 Å². The molecule has 15 rings (SSSR count). The summed E-state index contributed by atoms with van der Waals surface area (Å²) in [6.45, 7) is 8.62. The third-order valence-electron chi connectivity index (χ3n) is 20.1. The van der Waals surface area contributed by atoms with Crippen molar-refractivity contribution in [2.24, 2.45) is 0 Å². The van der Waals surface area contributed by atoms with Gasteiger partial charge >= 0.3 is 0 Å². The van der Waals surface area contributed by atoms with Crippen LogP contribution in [0.5, 0.6) is 0 Å². The Morgan fingerprint density at radius 3 is 1.19 bits per heavy atom. The number of pyridine rings is 2. The van der Waals surface area contributed by atoms with Gasteiger partial charge in [-0.3, -0.25) is 43.3 Å². The minimum atomic E-state index is -0.273. The molecule has 0 fully saturated rings. The van der Waals surface area contributed by atoms with Gasteiger partial charge in [0, 0.05) is 129 Å². The lowest BCUT2D eigenvalue weighted by Crippen LogP contribution is -2.33. The number of hydrogen-bond donors (Lipinski definition) is 8. The van der Waals surface area contributed by atoms with E-state index in [9.17, 15) is 38.4 Å². The van der Waals surface area contributed by atoms with Gasteiger partial charge in [-0.15, -0.1) is 11.3 Å². The average Bonchev–Trinajstić information content (AvgIpc) is 1.75. The zero-order valence-corrected chi connectivity index (χ0v) is 76.7. The molecule has 2 aliphatic rings. The molecule has 8 amide bonds. The molecule has 25 heteroatoms. The summed E-state index contributed by atoms with van der Waals surface area (Å²) in [6, 6.07) is 78.5. The summed E-state index contributed by atoms with van der Waals surface area (Å²) < 4.78 is 0. The van der Waals surface area contributed by atoms with Gasteiger partial charge in [0.15, 0.2) is 0 Å². The molecule has 0 saturated carbocycles. The number of hydrogen-bond acceptors (Lipinski definition) is 17. The highest BCUT2D eigenvalue weighted by molar-refractivity contribution is 7.12. The third-order valence-corrected chi connectivity index (χ3v) is 21.0. The first kappa shape index (κ1) is 99.0. The van der Waals surface area contributed by atoms with Crippen LogP contribution in [0.15, 0.2) is 302 Å². The minimum Gasteiger partial charge on any atom is -0.351 e. The number of likely N-dealkylation sites (N-methyl/N-ethyl adjacent to an activating group) is 6. The molecule has 0 unspecified atom stereocenters. The van der Waals surface area contributed by atoms with Crippen molar-refractivity contribution in [1.29, 1.82) is 0 Å². The Morgan fingerprint density at radius 1 is 0.310 bits per heavy atom. The lowest BCUT2D eigenvalue weighted by molar-refractivity contribution is -0.113. The molecule has 0 saturated heterocycles. The molecule has 0 radical (unpaired) electrons. The zero-order valence-electron chi connectivity index (χ0n) is 75.9. The van der Waals surface area contributed by atoms with Gasteiger partial charge in [0.25, 0.3) is 47.3 Å². The molecule has 0 aliphatic heterocycles. The van der Waals surface area contributed by atoms with E-state index in [0.29, 0.717) is 63.4 Å². The van der Waals surface area contributed by atoms with Crippen LogP contribution in [0.3, 0.4) is 0 Å². The van der Waals surface area contributed by atoms with Gasteiger partial charge in [-0.25, -0.2) is 4.98 Å². The van der Waals surface area contributed by atoms with Gasteiger partial charge in [-0.1, -0.05) is 206 Å². The highest BCUT2D eigenvalue weighted by Gasteiger charge is 2.19. The topological polar surface area (TPSA) is 278 Å². The molecule has 8 N–H and O–H groups in total. The SMILES string of the molecule is CN(C)CCNC(=O)c1ccc2ccccc2c1.CN(C)CCNC(=O)c1cccc(C(=O)NCCN(C)C)n1.CN(C)CCNC(=O)c1cccc2ccccc12.CN(C)CCNC(=O)c1ccccn1.CN(C)CCNC(=O)c1cccs1.O=C(Nc1c2ccccc2cc2ccccc12)C1=CC=CC1.O=C(Nc1cccc2cc3ccccc3cc12)C1=CC=CC1. The lowest BCUT2D eigenvalue weighted by atomic mass is 10.0. The second-order valence-corrected chi connectivity index (χ2v) is 33.0. The van der Waals surface area contributed by atoms with Gasteiger partial charge in [0.1, 0.15) is 17.1 Å². The predicted molar refractivity (Wildman–Crippen MR) is 530 cm³/mol. The molecule has 0 bridgehead atoms. The van der Waals surface area contributed by atoms with Crippen LogP contribution in [0, 0.1) is 0 Å². The smallest absolute Gasteiger partial charge is 0.269 e. The van der Waals surface area contributed by atoms with E-state index in [1.165, 1.54) is 22.1 Å². The van der Waals surface area contributed by atoms with Crippen LogP contribution in [0.25, 0.3) is 64.6 Å². The number of carbonyl (C=O) groups is 8. The number of carbonyl (C=O) groups excluding carboxylic acids is 8. The maximum atomic E-state index is 12.5. The van der Waals surface area contributed by atoms with Crippen LogP contribution >= 0.6 is 11.3 Å². The summed E-state index contributed by atoms with van der Waals surface area (Å²) in [5, 5.41) is 38.5. The highest BCUT2D eigenvalue weighted by atomic mass is 32.1. The highest BCUT2D eigenvalue weighted by Crippen LogP contribution is 2.34. The van der Waals surface area contributed by atoms with Crippen molar-refractivity contribution in [1.82, 2.24) is 71.3 Å². The van der Waals surface area contributed by atoms with Gasteiger partial charge in [0.2, 0.25) is 0 Å². The quantitative estimate of drug-likeness (QED) is 0.0212. The number of aromatic nitrogens is 2. The number of nitrogens with one attached hydrogen (secondary N) is 8. The molecule has 0 atom stereocenters. The summed E-state index contributed by atoms with van der Waals surface area (Å²) in [5.74, 6) is -0.702. The normalized spacial score (nSPS) is 11.6. The molecule has 10 aromatic carbocycles. The van der Waals surface area contributed by atoms with E-state index < -0.39 is 0 Å². The Labute approximate surface area is 761 Å². The predicted octanol–water partition coefficient (Wildman–Crippen LogP) is 15.0. The Balaban J connectivity index is 0.000000171. The summed E-state index contributed by atoms with van der Waals surface area (Å²) in [7, 11) is 23.6. The molecule has 3 aromatic heterocycles. The van der Waals surface area contributed by atoms with Crippen molar-refractivity contribution in [3.05, 3.63) is 335 Å². The van der Waals surface area contributed by atoms with Crippen LogP contribution in [0.1, 0.15) is 74.7 Å². The maximum Gasteiger partial charge on any atom is 0.269 e. The van der Waals surface area contributed by atoms with Crippen molar-refractivity contribution in [3.8, 4) is 0 Å². The summed E-state index contributed by atoms with van der Waals surface area (Å²) in [5.41, 5.74) is 5.78. The van der Waals surface area contributed by atoms with Crippen molar-refractivity contribution in [3.63, 3.8) is 0 Å². The van der Waals surface area contributed by atoms with Gasteiger partial charge in [-0.05, 0) is 224 Å². The summed E-state index contributed by atoms with van der Waals surface area (Å²) >= 11 is 1.46. The molecule has 2 aliphatic carbocycles. The molecule has 24 nitrogen and oxygen atoms in total. The molecule has 670 valence electrons. The molecule has 3 heterocycles. The monoisotopic (exact) mass is 1750 g/mol. The number of benzene rings is 10. The molecule has 129 heavy (non-hydrogen) atoms. The second-order valence-electron chi connectivity index (χ2n) is 32.0. The van der Waals surface area contributed by atoms with Crippen molar-refractivity contribution in [2.45, 2.75) is 12.8 Å². The van der Waals surface area contributed by atoms with Crippen LogP contribution in [0.2, 0.25) is 0 Å². The fourth-order valence-electron chi connectivity index (χ4n) is 13.1. The van der Waals surface area contributed by atoms with E-state index in [1.54, 1.807) is 42.6 Å². The van der Waals surface area contributed by atoms with E-state index >= 15 is 0 Å². The second kappa shape index (κ2) is 52.4. The maximum absolute atomic E-state index is 12.5. The third kappa shape index (κ3) is 32.9. The number of allylic oxidation sites excluding steroid dienone is 6. The Kier molecular flexibility index (Phi) is 40.2. The lowest BCUT2D eigenvalue weighted by Gasteiger charge is -2.13. The zero-order chi connectivity index (χ0) is 92.4. The first-order valence-corrected chi connectivity index (χ1v) is 43.8. The Bertz CT molecular complexity index is 5900. The van der Waals surface area contributed by atoms with Crippen molar-refractivity contribution in [2.75, 3.05) is 174 Å². The largest absolute Gasteiger partial charge is 0.351 e. The number of thiophene rings is 1. The molecule has 0 spiro atoms. The standard InChI is InChI=1S/2C20H15NO.C15H25N5O2.2C15H18N2O.C10H15N3O.C9H14N2OS/c22-20(14-7-1-2-8-14)21-19-17-11-5-3-9-15(17)13-16-10-4-6-12-18(16)19;22-20(14-6-1-2-7-14)21-19-11-5-10-17-12-15-8-3-4-9-16(15)13-18(17)19;1-19(2)10-8-16-14(21)12-6-5-7-13(18-12)15(22)17-9-11-20(3)4;1-17(2)11-10-16-15(18)14-9-5-7-12-6-3-4-8-13(12)14;1-17(2)10-9-16-15(18)14-8-7-12-5-3-4-6-13(12)11-14;1-13(2)8-7-12-10(14)9-5-3-4-6-11-9;1-11(2)6-5-10-9(12)8-4-3-7-13-8/h1-7,9-13H,8H2,(H,21,22);1-6,8-13H,7H2,(H,21,22);5-7H,8-11H2,1-4H3,(H,16,21)(H,17,22);3-9H,10-11H2,1-2H3,(H,16,18);3-8,11H,9-10H2,1-2H3,(H,16,18);3-6H,7-8H2,1-2H3,(H,12,14);3-4,7H,5-6H2,1-2H3,(H,10,12). The van der Waals surface area contributed by atoms with Crippen LogP contribution in [-0.4, -0.2) is 250 Å². The number of anilines is 2. The Morgan fingerprint density at radius 2 is 0.698 bits per heavy atom. The number of nitrogens with zero attached hydrogens (tertiary/aromatic N) is 8. The van der Waals surface area contributed by atoms with Gasteiger partial charge in [0.05, 0.1) is 10.6 Å². The van der Waals surface area contributed by atoms with Crippen molar-refractivity contribution < 1.29 is 38.4 Å². The van der Waals surface area contributed by atoms with Crippen molar-refractivity contribution >= 4 is 135 Å². The number of rotatable bonds is 28. The van der Waals surface area contributed by atoms with E-state index in [-0.39, 0.29) is 58.6 Å². The first-order chi connectivity index (χ1) is 62.3. The van der Waals surface area contributed by atoms with Crippen LogP contribution in [-0.2, 0) is 9.59 Å². The van der Waals surface area contributed by atoms with E-state index in [4.69, 9.17) is 0 Å². The van der Waals surface area contributed by atoms with Crippen LogP contribution in [0.4, 0.5) is 11.4 Å². The van der Waals surface area contributed by atoms with E-state index in [0.717, 1.165) is 126 Å². The van der Waals surface area contributed by atoms with E-state index in [2.05, 4.69) is 113 Å². The first-order valence-electron chi connectivity index (χ1n) is 42.9. The fourth-order valence-corrected chi connectivity index (χ4v) is 13.8. The Hall–Kier alpha value is -13.8. The van der Waals surface area contributed by atoms with E-state index in [1.807, 2.05) is 301 Å². The number of amides is 8. The minimum absolute atomic E-state index is 0.00588. The van der Waals surface area contributed by atoms with Gasteiger partial charge < -0.3 is 71.9 Å². The number of fused-ring (bicyclic) bond motifs is 6. The van der Waals surface area contributed by atoms with Crippen LogP contribution < -0.4 is 42.5 Å².